The molecular formula is C11H16ClNO3S. The van der Waals surface area contributed by atoms with E-state index in [1.165, 1.54) is 0 Å². The van der Waals surface area contributed by atoms with Crippen LogP contribution < -0.4 is 9.46 Å². The molecule has 0 saturated heterocycles. The summed E-state index contributed by atoms with van der Waals surface area (Å²) in [6.07, 6.45) is 0. The van der Waals surface area contributed by atoms with Gasteiger partial charge in [-0.25, -0.2) is 13.1 Å². The van der Waals surface area contributed by atoms with Crippen molar-refractivity contribution in [1.29, 1.82) is 0 Å². The average molecular weight is 278 g/mol. The second kappa shape index (κ2) is 6.23. The highest BCUT2D eigenvalue weighted by Crippen LogP contribution is 2.15. The van der Waals surface area contributed by atoms with Crippen molar-refractivity contribution in [3.05, 3.63) is 29.3 Å². The van der Waals surface area contributed by atoms with Crippen molar-refractivity contribution >= 4 is 21.6 Å². The van der Waals surface area contributed by atoms with Crippen LogP contribution in [-0.2, 0) is 10.0 Å². The van der Waals surface area contributed by atoms with Crippen LogP contribution in [0.3, 0.4) is 0 Å². The zero-order chi connectivity index (χ0) is 12.9. The van der Waals surface area contributed by atoms with Gasteiger partial charge in [-0.2, -0.15) is 0 Å². The fourth-order valence-corrected chi connectivity index (χ4v) is 1.88. The van der Waals surface area contributed by atoms with Crippen LogP contribution >= 0.6 is 11.6 Å². The summed E-state index contributed by atoms with van der Waals surface area (Å²) in [6.45, 7) is 3.79. The molecule has 0 amide bonds. The highest BCUT2D eigenvalue weighted by molar-refractivity contribution is 7.90. The Labute approximate surface area is 107 Å². The Morgan fingerprint density at radius 1 is 1.29 bits per heavy atom. The maximum Gasteiger partial charge on any atom is 0.214 e. The molecule has 1 aromatic carbocycles. The molecular weight excluding hydrogens is 262 g/mol. The van der Waals surface area contributed by atoms with Crippen LogP contribution in [0.4, 0.5) is 0 Å². The summed E-state index contributed by atoms with van der Waals surface area (Å²) in [5.74, 6) is 0.665. The van der Waals surface area contributed by atoms with Crippen molar-refractivity contribution in [2.45, 2.75) is 19.1 Å². The summed E-state index contributed by atoms with van der Waals surface area (Å²) in [5, 5.41) is 0.205. The number of benzene rings is 1. The van der Waals surface area contributed by atoms with Crippen LogP contribution in [0.1, 0.15) is 13.8 Å². The van der Waals surface area contributed by atoms with E-state index in [1.54, 1.807) is 38.1 Å². The molecule has 1 N–H and O–H groups in total. The maximum absolute atomic E-state index is 11.4. The molecule has 0 bridgehead atoms. The highest BCUT2D eigenvalue weighted by Gasteiger charge is 2.14. The van der Waals surface area contributed by atoms with Gasteiger partial charge in [0.15, 0.2) is 0 Å². The van der Waals surface area contributed by atoms with Gasteiger partial charge in [-0.1, -0.05) is 11.6 Å². The van der Waals surface area contributed by atoms with Crippen molar-refractivity contribution in [2.24, 2.45) is 0 Å². The van der Waals surface area contributed by atoms with Gasteiger partial charge in [-0.3, -0.25) is 0 Å². The molecule has 0 spiro atoms. The van der Waals surface area contributed by atoms with Gasteiger partial charge in [0, 0.05) is 11.6 Å². The number of sulfonamides is 1. The normalized spacial score (nSPS) is 11.8. The molecule has 0 saturated carbocycles. The van der Waals surface area contributed by atoms with Crippen LogP contribution in [0, 0.1) is 0 Å². The lowest BCUT2D eigenvalue weighted by Crippen LogP contribution is -2.33. The molecule has 0 radical (unpaired) electrons. The lowest BCUT2D eigenvalue weighted by Gasteiger charge is -2.10. The van der Waals surface area contributed by atoms with E-state index in [-0.39, 0.29) is 13.2 Å². The number of halogens is 1. The monoisotopic (exact) mass is 277 g/mol. The van der Waals surface area contributed by atoms with Crippen molar-refractivity contribution in [3.63, 3.8) is 0 Å². The molecule has 6 heteroatoms. The summed E-state index contributed by atoms with van der Waals surface area (Å²) >= 11 is 5.72. The topological polar surface area (TPSA) is 55.4 Å². The Balaban J connectivity index is 2.32. The van der Waals surface area contributed by atoms with Gasteiger partial charge in [0.25, 0.3) is 0 Å². The SMILES string of the molecule is CC(C)S(=O)(=O)NCCOc1ccc(Cl)cc1. The van der Waals surface area contributed by atoms with Crippen LogP contribution in [0.25, 0.3) is 0 Å². The van der Waals surface area contributed by atoms with Crippen molar-refractivity contribution in [1.82, 2.24) is 4.72 Å². The quantitative estimate of drug-likeness (QED) is 0.810. The van der Waals surface area contributed by atoms with Gasteiger partial charge in [-0.15, -0.1) is 0 Å². The largest absolute Gasteiger partial charge is 0.492 e. The fraction of sp³-hybridized carbons (Fsp3) is 0.455. The number of hydrogen-bond acceptors (Lipinski definition) is 3. The molecule has 96 valence electrons. The first-order valence-electron chi connectivity index (χ1n) is 5.28. The van der Waals surface area contributed by atoms with E-state index in [0.717, 1.165) is 0 Å². The molecule has 0 aliphatic rings. The third kappa shape index (κ3) is 4.93. The van der Waals surface area contributed by atoms with Gasteiger partial charge in [0.2, 0.25) is 10.0 Å². The van der Waals surface area contributed by atoms with Crippen LogP contribution in [-0.4, -0.2) is 26.8 Å². The van der Waals surface area contributed by atoms with Crippen molar-refractivity contribution in [2.75, 3.05) is 13.2 Å². The van der Waals surface area contributed by atoms with E-state index >= 15 is 0 Å². The second-order valence-electron chi connectivity index (χ2n) is 3.79. The minimum Gasteiger partial charge on any atom is -0.492 e. The fourth-order valence-electron chi connectivity index (χ4n) is 1.05. The second-order valence-corrected chi connectivity index (χ2v) is 6.55. The number of nitrogens with one attached hydrogen (secondary N) is 1. The number of hydrogen-bond donors (Lipinski definition) is 1. The molecule has 0 unspecified atom stereocenters. The van der Waals surface area contributed by atoms with Crippen LogP contribution in [0.5, 0.6) is 5.75 Å². The third-order valence-corrected chi connectivity index (χ3v) is 4.21. The van der Waals surface area contributed by atoms with Crippen LogP contribution in [0.15, 0.2) is 24.3 Å². The van der Waals surface area contributed by atoms with E-state index in [9.17, 15) is 8.42 Å². The van der Waals surface area contributed by atoms with E-state index in [0.29, 0.717) is 10.8 Å². The zero-order valence-electron chi connectivity index (χ0n) is 9.81. The highest BCUT2D eigenvalue weighted by atomic mass is 35.5. The van der Waals surface area contributed by atoms with Crippen molar-refractivity contribution in [3.8, 4) is 5.75 Å². The summed E-state index contributed by atoms with van der Waals surface area (Å²) in [5.41, 5.74) is 0. The Morgan fingerprint density at radius 3 is 2.41 bits per heavy atom. The first kappa shape index (κ1) is 14.3. The molecule has 1 aromatic rings. The molecule has 4 nitrogen and oxygen atoms in total. The predicted molar refractivity (Wildman–Crippen MR) is 69.0 cm³/mol. The predicted octanol–water partition coefficient (Wildman–Crippen LogP) is 2.05. The van der Waals surface area contributed by atoms with Gasteiger partial charge in [0.1, 0.15) is 12.4 Å². The minimum absolute atomic E-state index is 0.253. The molecule has 0 aromatic heterocycles. The van der Waals surface area contributed by atoms with E-state index in [1.807, 2.05) is 0 Å². The van der Waals surface area contributed by atoms with Crippen molar-refractivity contribution < 1.29 is 13.2 Å². The number of ether oxygens (including phenoxy) is 1. The molecule has 0 aliphatic carbocycles. The molecule has 0 atom stereocenters. The molecule has 0 fully saturated rings. The summed E-state index contributed by atoms with van der Waals surface area (Å²) in [7, 11) is -3.21. The lowest BCUT2D eigenvalue weighted by molar-refractivity contribution is 0.322. The Bertz CT molecular complexity index is 442. The Kier molecular flexibility index (Phi) is 5.24. The smallest absolute Gasteiger partial charge is 0.214 e. The standard InChI is InChI=1S/C11H16ClNO3S/c1-9(2)17(14,15)13-7-8-16-11-5-3-10(12)4-6-11/h3-6,9,13H,7-8H2,1-2H3. The zero-order valence-corrected chi connectivity index (χ0v) is 11.4. The third-order valence-electron chi connectivity index (χ3n) is 2.11. The first-order valence-corrected chi connectivity index (χ1v) is 7.21. The van der Waals surface area contributed by atoms with Gasteiger partial charge in [0.05, 0.1) is 5.25 Å². The lowest BCUT2D eigenvalue weighted by atomic mass is 10.3. The van der Waals surface area contributed by atoms with Crippen LogP contribution in [0.2, 0.25) is 5.02 Å². The Morgan fingerprint density at radius 2 is 1.88 bits per heavy atom. The summed E-state index contributed by atoms with van der Waals surface area (Å²) in [4.78, 5) is 0. The van der Waals surface area contributed by atoms with E-state index < -0.39 is 15.3 Å². The van der Waals surface area contributed by atoms with Gasteiger partial charge in [-0.05, 0) is 38.1 Å². The Hall–Kier alpha value is -0.780. The van der Waals surface area contributed by atoms with Gasteiger partial charge >= 0.3 is 0 Å². The van der Waals surface area contributed by atoms with Gasteiger partial charge < -0.3 is 4.74 Å². The molecule has 0 aliphatic heterocycles. The molecule has 1 rings (SSSR count). The average Bonchev–Trinajstić information content (AvgIpc) is 2.26. The number of rotatable bonds is 6. The maximum atomic E-state index is 11.4. The van der Waals surface area contributed by atoms with E-state index in [2.05, 4.69) is 4.72 Å². The summed E-state index contributed by atoms with van der Waals surface area (Å²) < 4.78 is 30.6. The minimum atomic E-state index is -3.21. The van der Waals surface area contributed by atoms with E-state index in [4.69, 9.17) is 16.3 Å². The molecule has 17 heavy (non-hydrogen) atoms. The molecule has 0 heterocycles. The summed E-state index contributed by atoms with van der Waals surface area (Å²) in [6, 6.07) is 6.91. The first-order chi connectivity index (χ1) is 7.92.